The molecule has 0 amide bonds. The van der Waals surface area contributed by atoms with Crippen molar-refractivity contribution in [3.63, 3.8) is 0 Å². The number of benzene rings is 1. The zero-order chi connectivity index (χ0) is 18.9. The van der Waals surface area contributed by atoms with E-state index in [0.29, 0.717) is 0 Å². The second kappa shape index (κ2) is 9.83. The third-order valence-electron chi connectivity index (χ3n) is 6.40. The fourth-order valence-corrected chi connectivity index (χ4v) is 13.0. The van der Waals surface area contributed by atoms with Gasteiger partial charge >= 0.3 is 160 Å². The molecule has 4 heteroatoms. The van der Waals surface area contributed by atoms with Crippen molar-refractivity contribution in [2.45, 2.75) is 79.1 Å². The van der Waals surface area contributed by atoms with Crippen molar-refractivity contribution in [1.82, 2.24) is 15.4 Å². The quantitative estimate of drug-likeness (QED) is 0.414. The van der Waals surface area contributed by atoms with E-state index in [9.17, 15) is 0 Å². The number of fused-ring (bicyclic) bond motifs is 1. The standard InChI is InChI=1S/C22H40N3P/c1-5-9-16-26(17-10-6-2,18-11-7-3,19-12-8-4)21-15-13-14-20-22(21)24-25-23-20/h13-15H,5-12,16-19H2,1-4H3,(H,23,24,25). The van der Waals surface area contributed by atoms with Crippen LogP contribution in [-0.2, 0) is 0 Å². The van der Waals surface area contributed by atoms with Gasteiger partial charge in [0, 0.05) is 0 Å². The van der Waals surface area contributed by atoms with Crippen molar-refractivity contribution in [3.8, 4) is 0 Å². The van der Waals surface area contributed by atoms with Gasteiger partial charge in [-0.15, -0.1) is 0 Å². The van der Waals surface area contributed by atoms with Gasteiger partial charge in [-0.05, 0) is 0 Å². The summed E-state index contributed by atoms with van der Waals surface area (Å²) < 4.78 is 0. The summed E-state index contributed by atoms with van der Waals surface area (Å²) in [7, 11) is 0. The molecule has 0 bridgehead atoms. The van der Waals surface area contributed by atoms with Crippen molar-refractivity contribution in [2.24, 2.45) is 0 Å². The number of aromatic nitrogens is 3. The van der Waals surface area contributed by atoms with Crippen molar-refractivity contribution in [2.75, 3.05) is 24.6 Å². The molecule has 0 aliphatic heterocycles. The number of nitrogens with zero attached hydrogens (tertiary/aromatic N) is 2. The van der Waals surface area contributed by atoms with Gasteiger partial charge in [-0.1, -0.05) is 0 Å². The molecule has 26 heavy (non-hydrogen) atoms. The van der Waals surface area contributed by atoms with Gasteiger partial charge in [-0.3, -0.25) is 0 Å². The van der Waals surface area contributed by atoms with E-state index in [0.717, 1.165) is 5.52 Å². The van der Waals surface area contributed by atoms with E-state index in [1.165, 1.54) is 81.5 Å². The van der Waals surface area contributed by atoms with Gasteiger partial charge in [0.2, 0.25) is 0 Å². The van der Waals surface area contributed by atoms with Crippen LogP contribution >= 0.6 is 6.60 Å². The van der Waals surface area contributed by atoms with Gasteiger partial charge in [0.25, 0.3) is 0 Å². The van der Waals surface area contributed by atoms with Crippen LogP contribution in [0.4, 0.5) is 0 Å². The predicted molar refractivity (Wildman–Crippen MR) is 120 cm³/mol. The first-order valence-electron chi connectivity index (χ1n) is 11.0. The van der Waals surface area contributed by atoms with E-state index in [4.69, 9.17) is 0 Å². The molecule has 2 rings (SSSR count). The third kappa shape index (κ3) is 4.30. The third-order valence-corrected chi connectivity index (χ3v) is 14.1. The second-order valence-electron chi connectivity index (χ2n) is 8.25. The van der Waals surface area contributed by atoms with Crippen molar-refractivity contribution in [3.05, 3.63) is 18.2 Å². The first-order chi connectivity index (χ1) is 12.7. The Morgan fingerprint density at radius 1 is 0.731 bits per heavy atom. The van der Waals surface area contributed by atoms with Crippen LogP contribution in [0.5, 0.6) is 0 Å². The summed E-state index contributed by atoms with van der Waals surface area (Å²) in [5.41, 5.74) is 2.22. The van der Waals surface area contributed by atoms with E-state index in [-0.39, 0.29) is 0 Å². The van der Waals surface area contributed by atoms with Gasteiger partial charge in [0.1, 0.15) is 0 Å². The van der Waals surface area contributed by atoms with Crippen LogP contribution in [0, 0.1) is 0 Å². The number of nitrogens with one attached hydrogen (secondary N) is 1. The number of H-pyrrole nitrogens is 1. The minimum atomic E-state index is -2.06. The molecular weight excluding hydrogens is 337 g/mol. The van der Waals surface area contributed by atoms with E-state index < -0.39 is 6.60 Å². The Kier molecular flexibility index (Phi) is 8.07. The van der Waals surface area contributed by atoms with Gasteiger partial charge < -0.3 is 0 Å². The Hall–Kier alpha value is -0.950. The second-order valence-corrected chi connectivity index (χ2v) is 14.5. The van der Waals surface area contributed by atoms with Gasteiger partial charge in [0.15, 0.2) is 0 Å². The summed E-state index contributed by atoms with van der Waals surface area (Å²) in [5, 5.41) is 13.6. The summed E-state index contributed by atoms with van der Waals surface area (Å²) in [6, 6.07) is 6.78. The van der Waals surface area contributed by atoms with Crippen LogP contribution in [0.3, 0.4) is 0 Å². The molecule has 0 aliphatic rings. The van der Waals surface area contributed by atoms with Crippen molar-refractivity contribution in [1.29, 1.82) is 0 Å². The Morgan fingerprint density at radius 3 is 1.69 bits per heavy atom. The molecule has 0 radical (unpaired) electrons. The number of para-hydroxylation sites is 1. The Morgan fingerprint density at radius 2 is 1.23 bits per heavy atom. The summed E-state index contributed by atoms with van der Waals surface area (Å²) in [4.78, 5) is 0. The number of unbranched alkanes of at least 4 members (excludes halogenated alkanes) is 4. The monoisotopic (exact) mass is 377 g/mol. The molecule has 1 aromatic carbocycles. The van der Waals surface area contributed by atoms with Crippen LogP contribution in [-0.4, -0.2) is 40.1 Å². The Bertz CT molecular complexity index is 621. The molecule has 0 saturated carbocycles. The summed E-state index contributed by atoms with van der Waals surface area (Å²) in [6.45, 7) is 7.34. The molecular formula is C22H40N3P. The Balaban J connectivity index is 2.70. The van der Waals surface area contributed by atoms with Crippen LogP contribution in [0.2, 0.25) is 0 Å². The first-order valence-corrected chi connectivity index (χ1v) is 13.9. The van der Waals surface area contributed by atoms with Crippen molar-refractivity contribution < 1.29 is 0 Å². The van der Waals surface area contributed by atoms with E-state index in [1.54, 1.807) is 5.30 Å². The van der Waals surface area contributed by atoms with E-state index in [1.807, 2.05) is 0 Å². The minimum absolute atomic E-state index is 1.05. The topological polar surface area (TPSA) is 41.6 Å². The molecule has 3 nitrogen and oxygen atoms in total. The number of hydrogen-bond donors (Lipinski definition) is 1. The molecule has 0 fully saturated rings. The SMILES string of the molecule is CCCCP(CCCC)(CCCC)(CCCC)c1cccc2n[nH]nc12. The fourth-order valence-electron chi connectivity index (χ4n) is 4.81. The molecule has 0 unspecified atom stereocenters. The summed E-state index contributed by atoms with van der Waals surface area (Å²) in [6.07, 6.45) is 16.2. The van der Waals surface area contributed by atoms with Gasteiger partial charge in [0.05, 0.1) is 0 Å². The molecule has 1 aromatic heterocycles. The fraction of sp³-hybridized carbons (Fsp3) is 0.727. The Labute approximate surface area is 160 Å². The maximum absolute atomic E-state index is 4.66. The average molecular weight is 378 g/mol. The average Bonchev–Trinajstić information content (AvgIpc) is 3.16. The van der Waals surface area contributed by atoms with Crippen LogP contribution in [0.1, 0.15) is 79.1 Å². The summed E-state index contributed by atoms with van der Waals surface area (Å²) in [5.74, 6) is 0. The van der Waals surface area contributed by atoms with Crippen molar-refractivity contribution >= 4 is 22.9 Å². The number of hydrogen-bond acceptors (Lipinski definition) is 2. The number of rotatable bonds is 13. The molecule has 0 spiro atoms. The van der Waals surface area contributed by atoms with Crippen LogP contribution in [0.25, 0.3) is 11.0 Å². The first kappa shape index (κ1) is 21.4. The zero-order valence-electron chi connectivity index (χ0n) is 17.6. The van der Waals surface area contributed by atoms with Gasteiger partial charge in [-0.2, -0.15) is 0 Å². The molecule has 148 valence electrons. The molecule has 0 atom stereocenters. The van der Waals surface area contributed by atoms with Crippen LogP contribution in [0.15, 0.2) is 18.2 Å². The zero-order valence-corrected chi connectivity index (χ0v) is 18.5. The number of aromatic amines is 1. The van der Waals surface area contributed by atoms with E-state index >= 15 is 0 Å². The van der Waals surface area contributed by atoms with Gasteiger partial charge in [-0.25, -0.2) is 0 Å². The molecule has 2 aromatic rings. The van der Waals surface area contributed by atoms with E-state index in [2.05, 4.69) is 61.3 Å². The molecule has 0 saturated heterocycles. The molecule has 1 heterocycles. The molecule has 0 aliphatic carbocycles. The summed E-state index contributed by atoms with van der Waals surface area (Å²) >= 11 is 0. The maximum atomic E-state index is 4.66. The normalized spacial score (nSPS) is 13.8. The van der Waals surface area contributed by atoms with Crippen LogP contribution < -0.4 is 5.30 Å². The molecule has 1 N–H and O–H groups in total. The predicted octanol–water partition coefficient (Wildman–Crippen LogP) is 6.34.